The molecule has 1 saturated heterocycles. The van der Waals surface area contributed by atoms with E-state index in [1.807, 2.05) is 42.5 Å². The predicted molar refractivity (Wildman–Crippen MR) is 151 cm³/mol. The molecule has 3 aromatic carbocycles. The van der Waals surface area contributed by atoms with E-state index in [0.717, 1.165) is 55.5 Å². The van der Waals surface area contributed by atoms with Gasteiger partial charge in [0.05, 0.1) is 5.69 Å². The molecule has 3 unspecified atom stereocenters. The van der Waals surface area contributed by atoms with Crippen molar-refractivity contribution in [1.29, 1.82) is 0 Å². The van der Waals surface area contributed by atoms with E-state index in [2.05, 4.69) is 44.8 Å². The van der Waals surface area contributed by atoms with Gasteiger partial charge in [0.15, 0.2) is 0 Å². The molecule has 38 heavy (non-hydrogen) atoms. The van der Waals surface area contributed by atoms with E-state index in [-0.39, 0.29) is 0 Å². The molecule has 1 aromatic heterocycles. The van der Waals surface area contributed by atoms with E-state index in [1.54, 1.807) is 6.33 Å². The van der Waals surface area contributed by atoms with Crippen molar-refractivity contribution < 1.29 is 0 Å². The summed E-state index contributed by atoms with van der Waals surface area (Å²) in [5.74, 6) is 2.84. The second-order valence-electron chi connectivity index (χ2n) is 10.7. The number of anilines is 5. The maximum absolute atomic E-state index is 12.4. The first kappa shape index (κ1) is 22.9. The lowest BCUT2D eigenvalue weighted by atomic mass is 9.90. The number of nitrogens with zero attached hydrogens (tertiary/aromatic N) is 3. The van der Waals surface area contributed by atoms with E-state index >= 15 is 0 Å². The number of nitrogens with one attached hydrogen (secondary N) is 2. The summed E-state index contributed by atoms with van der Waals surface area (Å²) in [7, 11) is 0. The van der Waals surface area contributed by atoms with Gasteiger partial charge in [0.1, 0.15) is 23.5 Å². The number of para-hydroxylation sites is 1. The maximum Gasteiger partial charge on any atom is 0.253 e. The zero-order chi connectivity index (χ0) is 25.6. The lowest BCUT2D eigenvalue weighted by molar-refractivity contribution is 0.506. The van der Waals surface area contributed by atoms with Crippen molar-refractivity contribution in [3.63, 3.8) is 0 Å². The number of aromatic nitrogens is 2. The van der Waals surface area contributed by atoms with Crippen LogP contribution in [0.4, 0.5) is 28.6 Å². The van der Waals surface area contributed by atoms with E-state index in [1.165, 1.54) is 23.2 Å². The summed E-state index contributed by atoms with van der Waals surface area (Å²) in [5.41, 5.74) is 4.80. The van der Waals surface area contributed by atoms with Gasteiger partial charge in [-0.25, -0.2) is 9.97 Å². The zero-order valence-electron chi connectivity index (χ0n) is 21.1. The Bertz CT molecular complexity index is 1600. The highest BCUT2D eigenvalue weighted by Crippen LogP contribution is 2.46. The highest BCUT2D eigenvalue weighted by Gasteiger charge is 2.38. The summed E-state index contributed by atoms with van der Waals surface area (Å²) >= 11 is 0. The smallest absolute Gasteiger partial charge is 0.253 e. The number of hydrogen-bond donors (Lipinski definition) is 2. The Kier molecular flexibility index (Phi) is 5.57. The highest BCUT2D eigenvalue weighted by atomic mass is 16.2. The van der Waals surface area contributed by atoms with Gasteiger partial charge in [-0.3, -0.25) is 9.59 Å². The molecule has 2 aliphatic carbocycles. The lowest BCUT2D eigenvalue weighted by Crippen LogP contribution is -2.36. The van der Waals surface area contributed by atoms with Crippen LogP contribution in [-0.4, -0.2) is 23.1 Å². The molecule has 0 amide bonds. The second kappa shape index (κ2) is 9.24. The normalized spacial score (nSPS) is 21.9. The van der Waals surface area contributed by atoms with Gasteiger partial charge >= 0.3 is 0 Å². The summed E-state index contributed by atoms with van der Waals surface area (Å²) < 4.78 is 0. The average Bonchev–Trinajstić information content (AvgIpc) is 3.74. The molecule has 0 spiro atoms. The fraction of sp³-hybridized carbons (Fsp3) is 0.290. The number of piperidine rings is 1. The Morgan fingerprint density at radius 2 is 1.68 bits per heavy atom. The summed E-state index contributed by atoms with van der Waals surface area (Å²) in [4.78, 5) is 36.4. The highest BCUT2D eigenvalue weighted by molar-refractivity contribution is 5.82. The molecular weight excluding hydrogens is 474 g/mol. The summed E-state index contributed by atoms with van der Waals surface area (Å²) in [6.45, 7) is 1.87. The summed E-state index contributed by atoms with van der Waals surface area (Å²) in [6, 6.07) is 17.6. The zero-order valence-corrected chi connectivity index (χ0v) is 21.1. The SMILES string of the molecule is O=c1c(Nc2ccccc2)c(Nc2cccc(C3CCCN(c4ncnc5c4C=CC4CC4C5)C3)c2)c1=O. The third-order valence-electron chi connectivity index (χ3n) is 8.19. The van der Waals surface area contributed by atoms with E-state index < -0.39 is 10.9 Å². The largest absolute Gasteiger partial charge is 0.355 e. The summed E-state index contributed by atoms with van der Waals surface area (Å²) in [6.07, 6.45) is 10.8. The van der Waals surface area contributed by atoms with Crippen LogP contribution >= 0.6 is 0 Å². The van der Waals surface area contributed by atoms with Crippen LogP contribution in [0.15, 0.2) is 76.6 Å². The fourth-order valence-electron chi connectivity index (χ4n) is 5.97. The van der Waals surface area contributed by atoms with Crippen molar-refractivity contribution >= 4 is 34.6 Å². The van der Waals surface area contributed by atoms with Crippen LogP contribution in [-0.2, 0) is 6.42 Å². The Hall–Kier alpha value is -4.26. The molecular formula is C31H29N5O2. The third-order valence-corrected chi connectivity index (χ3v) is 8.19. The monoisotopic (exact) mass is 503 g/mol. The Morgan fingerprint density at radius 3 is 2.53 bits per heavy atom. The minimum atomic E-state index is -0.495. The molecule has 4 aromatic rings. The molecule has 190 valence electrons. The lowest BCUT2D eigenvalue weighted by Gasteiger charge is -2.35. The first-order valence-electron chi connectivity index (χ1n) is 13.4. The molecule has 7 heteroatoms. The van der Waals surface area contributed by atoms with Gasteiger partial charge in [-0.1, -0.05) is 42.5 Å². The quantitative estimate of drug-likeness (QED) is 0.352. The van der Waals surface area contributed by atoms with Crippen molar-refractivity contribution in [3.05, 3.63) is 104 Å². The predicted octanol–water partition coefficient (Wildman–Crippen LogP) is 5.15. The molecule has 7 rings (SSSR count). The van der Waals surface area contributed by atoms with Gasteiger partial charge in [0.2, 0.25) is 0 Å². The van der Waals surface area contributed by atoms with Crippen molar-refractivity contribution in [1.82, 2.24) is 9.97 Å². The van der Waals surface area contributed by atoms with Gasteiger partial charge in [-0.2, -0.15) is 0 Å². The Balaban J connectivity index is 1.11. The first-order chi connectivity index (χ1) is 18.6. The van der Waals surface area contributed by atoms with Crippen LogP contribution in [0.2, 0.25) is 0 Å². The standard InChI is InChI=1S/C31H29N5O2/c37-29-27(34-23-8-2-1-3-9-23)28(30(29)38)35-24-10-4-6-19(15-24)21-7-5-13-36(17-21)31-25-12-11-20-14-22(20)16-26(25)32-18-33-31/h1-4,6,8-12,15,18,20-22,34-35H,5,7,13-14,16-17H2. The maximum atomic E-state index is 12.4. The van der Waals surface area contributed by atoms with E-state index in [4.69, 9.17) is 4.98 Å². The molecule has 0 bridgehead atoms. The minimum absolute atomic E-state index is 0.311. The van der Waals surface area contributed by atoms with Crippen LogP contribution in [0.1, 0.15) is 42.0 Å². The molecule has 0 radical (unpaired) electrons. The number of fused-ring (bicyclic) bond motifs is 2. The van der Waals surface area contributed by atoms with Crippen LogP contribution in [0.3, 0.4) is 0 Å². The van der Waals surface area contributed by atoms with Crippen LogP contribution in [0, 0.1) is 11.8 Å². The average molecular weight is 504 g/mol. The molecule has 3 aliphatic rings. The van der Waals surface area contributed by atoms with Gasteiger partial charge in [0, 0.05) is 35.9 Å². The van der Waals surface area contributed by atoms with Gasteiger partial charge in [-0.05, 0) is 67.3 Å². The third kappa shape index (κ3) is 4.18. The number of benzene rings is 2. The van der Waals surface area contributed by atoms with Crippen molar-refractivity contribution in [3.8, 4) is 0 Å². The van der Waals surface area contributed by atoms with Crippen LogP contribution < -0.4 is 26.4 Å². The van der Waals surface area contributed by atoms with Crippen molar-refractivity contribution in [2.24, 2.45) is 11.8 Å². The number of hydrogen-bond acceptors (Lipinski definition) is 7. The van der Waals surface area contributed by atoms with Gasteiger partial charge in [-0.15, -0.1) is 0 Å². The molecule has 1 saturated carbocycles. The molecule has 1 aliphatic heterocycles. The van der Waals surface area contributed by atoms with Crippen molar-refractivity contribution in [2.75, 3.05) is 28.6 Å². The van der Waals surface area contributed by atoms with Gasteiger partial charge in [0.25, 0.3) is 10.9 Å². The molecule has 2 heterocycles. The van der Waals surface area contributed by atoms with Crippen LogP contribution in [0.5, 0.6) is 0 Å². The van der Waals surface area contributed by atoms with Crippen LogP contribution in [0.25, 0.3) is 6.08 Å². The molecule has 2 N–H and O–H groups in total. The molecule has 7 nitrogen and oxygen atoms in total. The number of allylic oxidation sites excluding steroid dienone is 1. The Labute approximate surface area is 221 Å². The fourth-order valence-corrected chi connectivity index (χ4v) is 5.97. The molecule has 3 atom stereocenters. The molecule has 2 fully saturated rings. The topological polar surface area (TPSA) is 87.2 Å². The minimum Gasteiger partial charge on any atom is -0.355 e. The summed E-state index contributed by atoms with van der Waals surface area (Å²) in [5, 5.41) is 6.30. The Morgan fingerprint density at radius 1 is 0.895 bits per heavy atom. The number of rotatable bonds is 6. The van der Waals surface area contributed by atoms with E-state index in [9.17, 15) is 9.59 Å². The first-order valence-corrected chi connectivity index (χ1v) is 13.4. The van der Waals surface area contributed by atoms with Gasteiger partial charge < -0.3 is 15.5 Å². The van der Waals surface area contributed by atoms with E-state index in [0.29, 0.717) is 23.2 Å². The van der Waals surface area contributed by atoms with Crippen molar-refractivity contribution in [2.45, 2.75) is 31.6 Å². The second-order valence-corrected chi connectivity index (χ2v) is 10.7.